The lowest BCUT2D eigenvalue weighted by Crippen LogP contribution is -2.34. The molecule has 0 radical (unpaired) electrons. The van der Waals surface area contributed by atoms with E-state index in [1.165, 1.54) is 12.1 Å². The molecule has 10 heteroatoms. The Labute approximate surface area is 231 Å². The molecule has 1 heterocycles. The quantitative estimate of drug-likeness (QED) is 0.224. The van der Waals surface area contributed by atoms with Gasteiger partial charge in [0.1, 0.15) is 5.75 Å². The van der Waals surface area contributed by atoms with Gasteiger partial charge in [0.15, 0.2) is 0 Å². The number of aryl methyl sites for hydroxylation is 1. The first-order valence-corrected chi connectivity index (χ1v) is 14.1. The van der Waals surface area contributed by atoms with Crippen LogP contribution in [0.25, 0.3) is 10.9 Å². The lowest BCUT2D eigenvalue weighted by molar-refractivity contribution is 0.256. The van der Waals surface area contributed by atoms with Gasteiger partial charge in [0.05, 0.1) is 34.6 Å². The third-order valence-corrected chi connectivity index (χ3v) is 7.86. The predicted octanol–water partition coefficient (Wildman–Crippen LogP) is 6.87. The summed E-state index contributed by atoms with van der Waals surface area (Å²) >= 11 is 3.43. The van der Waals surface area contributed by atoms with Crippen LogP contribution in [0.4, 0.5) is 21.9 Å². The summed E-state index contributed by atoms with van der Waals surface area (Å²) in [6, 6.07) is 18.5. The van der Waals surface area contributed by atoms with Crippen LogP contribution in [0.5, 0.6) is 5.75 Å². The fourth-order valence-corrected chi connectivity index (χ4v) is 5.08. The minimum absolute atomic E-state index is 0.00745. The summed E-state index contributed by atoms with van der Waals surface area (Å²) in [4.78, 5) is 17.6. The Morgan fingerprint density at radius 2 is 1.61 bits per heavy atom. The number of carbonyl (C=O) groups is 1. The van der Waals surface area contributed by atoms with Gasteiger partial charge in [0, 0.05) is 15.5 Å². The number of fused-ring (bicyclic) bond motifs is 1. The minimum Gasteiger partial charge on any atom is -0.497 e. The smallest absolute Gasteiger partial charge is 0.333 e. The molecular formula is C28H29BrN4O4S. The maximum atomic E-state index is 13.0. The molecule has 4 rings (SSSR count). The number of hydrogen-bond acceptors (Lipinski definition) is 6. The molecule has 38 heavy (non-hydrogen) atoms. The zero-order valence-corrected chi connectivity index (χ0v) is 24.1. The number of nitrogens with one attached hydrogen (secondary N) is 3. The normalized spacial score (nSPS) is 11.7. The molecule has 0 saturated heterocycles. The number of halogens is 1. The number of pyridine rings is 1. The van der Waals surface area contributed by atoms with E-state index in [4.69, 9.17) is 4.74 Å². The summed E-state index contributed by atoms with van der Waals surface area (Å²) in [6.07, 6.45) is 0. The van der Waals surface area contributed by atoms with Crippen molar-refractivity contribution in [3.05, 3.63) is 82.5 Å². The number of anilines is 3. The summed E-state index contributed by atoms with van der Waals surface area (Å²) in [7, 11) is -2.55. The highest BCUT2D eigenvalue weighted by atomic mass is 79.9. The Kier molecular flexibility index (Phi) is 7.66. The molecule has 0 fully saturated rings. The third-order valence-electron chi connectivity index (χ3n) is 5.98. The maximum absolute atomic E-state index is 13.0. The summed E-state index contributed by atoms with van der Waals surface area (Å²) < 4.78 is 34.3. The highest BCUT2D eigenvalue weighted by Gasteiger charge is 2.22. The highest BCUT2D eigenvalue weighted by molar-refractivity contribution is 9.10. The summed E-state index contributed by atoms with van der Waals surface area (Å²) in [5.74, 6) is 0.610. The molecule has 8 nitrogen and oxygen atoms in total. The number of aromatic nitrogens is 1. The monoisotopic (exact) mass is 596 g/mol. The molecule has 3 N–H and O–H groups in total. The molecule has 0 bridgehead atoms. The summed E-state index contributed by atoms with van der Waals surface area (Å²) in [6.45, 7) is 7.86. The number of sulfonamides is 1. The molecule has 0 spiro atoms. The van der Waals surface area contributed by atoms with E-state index in [9.17, 15) is 13.2 Å². The van der Waals surface area contributed by atoms with Crippen LogP contribution < -0.4 is 20.1 Å². The number of ether oxygens (including phenoxy) is 1. The van der Waals surface area contributed by atoms with E-state index >= 15 is 0 Å². The first-order valence-electron chi connectivity index (χ1n) is 11.8. The Morgan fingerprint density at radius 1 is 0.947 bits per heavy atom. The van der Waals surface area contributed by atoms with E-state index in [1.54, 1.807) is 38.3 Å². The third kappa shape index (κ3) is 6.08. The zero-order chi connectivity index (χ0) is 27.7. The van der Waals surface area contributed by atoms with Crippen LogP contribution in [0.15, 0.2) is 76.1 Å². The van der Waals surface area contributed by atoms with E-state index in [1.807, 2.05) is 51.1 Å². The summed E-state index contributed by atoms with van der Waals surface area (Å²) in [5, 5.41) is 6.73. The Morgan fingerprint density at radius 3 is 2.21 bits per heavy atom. The largest absolute Gasteiger partial charge is 0.497 e. The molecule has 0 saturated carbocycles. The minimum atomic E-state index is -4.11. The van der Waals surface area contributed by atoms with Crippen LogP contribution in [0.2, 0.25) is 0 Å². The van der Waals surface area contributed by atoms with Gasteiger partial charge in [-0.3, -0.25) is 4.98 Å². The molecule has 0 aliphatic carbocycles. The van der Waals surface area contributed by atoms with Crippen molar-refractivity contribution in [3.8, 4) is 5.75 Å². The molecule has 198 valence electrons. The van der Waals surface area contributed by atoms with Gasteiger partial charge in [0.2, 0.25) is 0 Å². The van der Waals surface area contributed by atoms with E-state index < -0.39 is 16.1 Å². The average molecular weight is 598 g/mol. The van der Waals surface area contributed by atoms with Crippen LogP contribution in [0, 0.1) is 6.92 Å². The van der Waals surface area contributed by atoms with Crippen molar-refractivity contribution in [2.45, 2.75) is 38.0 Å². The van der Waals surface area contributed by atoms with Gasteiger partial charge in [-0.05, 0) is 72.5 Å². The molecule has 3 aromatic carbocycles. The van der Waals surface area contributed by atoms with Crippen molar-refractivity contribution in [2.24, 2.45) is 0 Å². The second-order valence-corrected chi connectivity index (χ2v) is 12.4. The number of amides is 2. The average Bonchev–Trinajstić information content (AvgIpc) is 2.86. The SMILES string of the molecule is COc1ccc2nc(C)c(NC(=O)NS(=O)(=O)c3ccc(C(C)(C)C)cc3)c(Nc3ccc(Br)cc3)c2c1. The van der Waals surface area contributed by atoms with Gasteiger partial charge in [0.25, 0.3) is 10.0 Å². The maximum Gasteiger partial charge on any atom is 0.333 e. The standard InChI is InChI=1S/C28H29BrN4O4S/c1-17-25(32-27(34)33-38(35,36)22-13-6-18(7-14-22)28(2,3)4)26(31-20-10-8-19(29)9-11-20)23-16-21(37-5)12-15-24(23)30-17/h6-16H,1-5H3,(H,30,31)(H2,32,33,34). The van der Waals surface area contributed by atoms with Crippen molar-refractivity contribution >= 4 is 59.9 Å². The van der Waals surface area contributed by atoms with Gasteiger partial charge < -0.3 is 15.4 Å². The lowest BCUT2D eigenvalue weighted by atomic mass is 9.87. The van der Waals surface area contributed by atoms with Crippen LogP contribution in [-0.4, -0.2) is 26.5 Å². The highest BCUT2D eigenvalue weighted by Crippen LogP contribution is 2.37. The number of methoxy groups -OCH3 is 1. The number of benzene rings is 3. The lowest BCUT2D eigenvalue weighted by Gasteiger charge is -2.20. The van der Waals surface area contributed by atoms with Crippen molar-refractivity contribution in [1.29, 1.82) is 0 Å². The van der Waals surface area contributed by atoms with Gasteiger partial charge >= 0.3 is 6.03 Å². The van der Waals surface area contributed by atoms with Crippen molar-refractivity contribution in [1.82, 2.24) is 9.71 Å². The predicted molar refractivity (Wildman–Crippen MR) is 155 cm³/mol. The van der Waals surface area contributed by atoms with Crippen molar-refractivity contribution < 1.29 is 17.9 Å². The fraction of sp³-hybridized carbons (Fsp3) is 0.214. The number of carbonyl (C=O) groups excluding carboxylic acids is 1. The van der Waals surface area contributed by atoms with Crippen LogP contribution in [0.3, 0.4) is 0 Å². The van der Waals surface area contributed by atoms with E-state index in [-0.39, 0.29) is 10.3 Å². The van der Waals surface area contributed by atoms with Gasteiger partial charge in [-0.1, -0.05) is 48.8 Å². The second kappa shape index (κ2) is 10.6. The topological polar surface area (TPSA) is 109 Å². The fourth-order valence-electron chi connectivity index (χ4n) is 3.91. The number of rotatable bonds is 6. The van der Waals surface area contributed by atoms with Crippen LogP contribution >= 0.6 is 15.9 Å². The second-order valence-electron chi connectivity index (χ2n) is 9.80. The summed E-state index contributed by atoms with van der Waals surface area (Å²) in [5.41, 5.74) is 3.69. The first-order chi connectivity index (χ1) is 17.9. The molecule has 0 aliphatic heterocycles. The molecular weight excluding hydrogens is 568 g/mol. The van der Waals surface area contributed by atoms with Gasteiger partial charge in [-0.15, -0.1) is 0 Å². The Hall–Kier alpha value is -3.63. The number of hydrogen-bond donors (Lipinski definition) is 3. The van der Waals surface area contributed by atoms with Crippen LogP contribution in [0.1, 0.15) is 32.0 Å². The first kappa shape index (κ1) is 27.4. The van der Waals surface area contributed by atoms with Gasteiger partial charge in [-0.25, -0.2) is 17.9 Å². The zero-order valence-electron chi connectivity index (χ0n) is 21.7. The van der Waals surface area contributed by atoms with Crippen molar-refractivity contribution in [2.75, 3.05) is 17.7 Å². The van der Waals surface area contributed by atoms with Gasteiger partial charge in [-0.2, -0.15) is 0 Å². The Bertz CT molecular complexity index is 1600. The van der Waals surface area contributed by atoms with E-state index in [0.717, 1.165) is 15.7 Å². The van der Waals surface area contributed by atoms with Crippen LogP contribution in [-0.2, 0) is 15.4 Å². The van der Waals surface area contributed by atoms with E-state index in [2.05, 4.69) is 36.3 Å². The number of nitrogens with zero attached hydrogens (tertiary/aromatic N) is 1. The van der Waals surface area contributed by atoms with Crippen molar-refractivity contribution in [3.63, 3.8) is 0 Å². The molecule has 0 aliphatic rings. The number of urea groups is 1. The molecule has 2 amide bonds. The molecule has 4 aromatic rings. The molecule has 1 aromatic heterocycles. The molecule has 0 unspecified atom stereocenters. The molecule has 0 atom stereocenters. The Balaban J connectivity index is 1.69. The van der Waals surface area contributed by atoms with E-state index in [0.29, 0.717) is 33.7 Å².